The van der Waals surface area contributed by atoms with Gasteiger partial charge >= 0.3 is 0 Å². The van der Waals surface area contributed by atoms with E-state index in [4.69, 9.17) is 4.74 Å². The highest BCUT2D eigenvalue weighted by Crippen LogP contribution is 2.22. The van der Waals surface area contributed by atoms with E-state index in [9.17, 15) is 0 Å². The number of nitrogens with one attached hydrogen (secondary N) is 3. The summed E-state index contributed by atoms with van der Waals surface area (Å²) in [6.07, 6.45) is 5.11. The maximum Gasteiger partial charge on any atom is 0.191 e. The van der Waals surface area contributed by atoms with Crippen molar-refractivity contribution in [2.24, 2.45) is 4.99 Å². The number of aromatic nitrogens is 1. The molecular formula is C20H32N4O. The van der Waals surface area contributed by atoms with Gasteiger partial charge in [0.15, 0.2) is 5.96 Å². The molecule has 0 atom stereocenters. The van der Waals surface area contributed by atoms with E-state index in [1.807, 2.05) is 6.92 Å². The van der Waals surface area contributed by atoms with Crippen LogP contribution in [-0.4, -0.2) is 43.8 Å². The fraction of sp³-hybridized carbons (Fsp3) is 0.550. The predicted octanol–water partition coefficient (Wildman–Crippen LogP) is 3.25. The molecule has 2 aromatic rings. The van der Waals surface area contributed by atoms with Crippen LogP contribution in [0.2, 0.25) is 0 Å². The lowest BCUT2D eigenvalue weighted by Crippen LogP contribution is -2.38. The maximum atomic E-state index is 5.35. The molecule has 0 unspecified atom stereocenters. The second kappa shape index (κ2) is 10.8. The number of benzene rings is 1. The smallest absolute Gasteiger partial charge is 0.191 e. The van der Waals surface area contributed by atoms with Crippen molar-refractivity contribution in [2.75, 3.05) is 32.8 Å². The lowest BCUT2D eigenvalue weighted by molar-refractivity contribution is 0.146. The van der Waals surface area contributed by atoms with Gasteiger partial charge in [-0.25, -0.2) is 0 Å². The Labute approximate surface area is 151 Å². The number of fused-ring (bicyclic) bond motifs is 1. The molecule has 0 spiro atoms. The van der Waals surface area contributed by atoms with E-state index < -0.39 is 0 Å². The van der Waals surface area contributed by atoms with Crippen molar-refractivity contribution >= 4 is 16.9 Å². The minimum Gasteiger partial charge on any atom is -0.382 e. The second-order valence-corrected chi connectivity index (χ2v) is 6.00. The summed E-state index contributed by atoms with van der Waals surface area (Å²) < 4.78 is 5.35. The fourth-order valence-electron chi connectivity index (χ4n) is 2.94. The zero-order valence-electron chi connectivity index (χ0n) is 15.8. The molecule has 1 aromatic heterocycles. The Balaban J connectivity index is 1.88. The van der Waals surface area contributed by atoms with E-state index in [0.717, 1.165) is 58.1 Å². The van der Waals surface area contributed by atoms with E-state index >= 15 is 0 Å². The van der Waals surface area contributed by atoms with Gasteiger partial charge in [0.2, 0.25) is 0 Å². The quantitative estimate of drug-likeness (QED) is 0.352. The van der Waals surface area contributed by atoms with Crippen LogP contribution in [0.15, 0.2) is 29.4 Å². The fourth-order valence-corrected chi connectivity index (χ4v) is 2.94. The van der Waals surface area contributed by atoms with E-state index in [1.54, 1.807) is 0 Å². The lowest BCUT2D eigenvalue weighted by Gasteiger charge is -2.11. The summed E-state index contributed by atoms with van der Waals surface area (Å²) in [5.41, 5.74) is 4.00. The van der Waals surface area contributed by atoms with Crippen LogP contribution in [0.5, 0.6) is 0 Å². The standard InChI is InChI=1S/C20H32N4O/c1-4-16-9-7-10-18-17(15-24-19(16)18)11-13-23-20(21-5-2)22-12-8-14-25-6-3/h7,9-10,15,24H,4-6,8,11-14H2,1-3H3,(H2,21,22,23). The van der Waals surface area contributed by atoms with Crippen molar-refractivity contribution in [3.8, 4) is 0 Å². The minimum atomic E-state index is 0.770. The van der Waals surface area contributed by atoms with Gasteiger partial charge in [-0.1, -0.05) is 25.1 Å². The van der Waals surface area contributed by atoms with Crippen LogP contribution in [0.1, 0.15) is 38.3 Å². The Hall–Kier alpha value is -2.01. The highest BCUT2D eigenvalue weighted by atomic mass is 16.5. The van der Waals surface area contributed by atoms with Gasteiger partial charge in [-0.05, 0) is 44.2 Å². The Morgan fingerprint density at radius 1 is 1.16 bits per heavy atom. The third kappa shape index (κ3) is 5.78. The first-order chi connectivity index (χ1) is 12.3. The summed E-state index contributed by atoms with van der Waals surface area (Å²) in [4.78, 5) is 8.04. The van der Waals surface area contributed by atoms with E-state index in [1.165, 1.54) is 22.0 Å². The van der Waals surface area contributed by atoms with Gasteiger partial charge in [-0.3, -0.25) is 4.99 Å². The van der Waals surface area contributed by atoms with Gasteiger partial charge < -0.3 is 20.4 Å². The number of aryl methyl sites for hydroxylation is 1. The second-order valence-electron chi connectivity index (χ2n) is 6.00. The molecule has 1 heterocycles. The predicted molar refractivity (Wildman–Crippen MR) is 106 cm³/mol. The molecule has 0 fully saturated rings. The Bertz CT molecular complexity index is 663. The normalized spacial score (nSPS) is 11.9. The summed E-state index contributed by atoms with van der Waals surface area (Å²) in [7, 11) is 0. The largest absolute Gasteiger partial charge is 0.382 e. The van der Waals surface area contributed by atoms with Crippen molar-refractivity contribution in [1.29, 1.82) is 0 Å². The maximum absolute atomic E-state index is 5.35. The van der Waals surface area contributed by atoms with Gasteiger partial charge in [0.25, 0.3) is 0 Å². The van der Waals surface area contributed by atoms with Gasteiger partial charge in [0.05, 0.1) is 0 Å². The Morgan fingerprint density at radius 3 is 2.80 bits per heavy atom. The summed E-state index contributed by atoms with van der Waals surface area (Å²) in [5.74, 6) is 0.882. The first-order valence-electron chi connectivity index (χ1n) is 9.47. The summed E-state index contributed by atoms with van der Waals surface area (Å²) in [5, 5.41) is 8.06. The van der Waals surface area contributed by atoms with Crippen LogP contribution in [0, 0.1) is 0 Å². The van der Waals surface area contributed by atoms with E-state index in [0.29, 0.717) is 0 Å². The summed E-state index contributed by atoms with van der Waals surface area (Å²) in [6, 6.07) is 6.54. The van der Waals surface area contributed by atoms with Crippen molar-refractivity contribution in [3.05, 3.63) is 35.5 Å². The van der Waals surface area contributed by atoms with Gasteiger partial charge in [0, 0.05) is 49.9 Å². The topological polar surface area (TPSA) is 61.4 Å². The number of aromatic amines is 1. The molecular weight excluding hydrogens is 312 g/mol. The van der Waals surface area contributed by atoms with Crippen LogP contribution < -0.4 is 10.6 Å². The molecule has 2 rings (SSSR count). The molecule has 5 nitrogen and oxygen atoms in total. The Morgan fingerprint density at radius 2 is 2.04 bits per heavy atom. The molecule has 0 aliphatic rings. The van der Waals surface area contributed by atoms with E-state index in [2.05, 4.69) is 58.9 Å². The summed E-state index contributed by atoms with van der Waals surface area (Å²) >= 11 is 0. The van der Waals surface area contributed by atoms with Crippen LogP contribution in [0.4, 0.5) is 0 Å². The third-order valence-corrected chi connectivity index (χ3v) is 4.22. The molecule has 0 amide bonds. The van der Waals surface area contributed by atoms with Crippen molar-refractivity contribution < 1.29 is 4.74 Å². The number of hydrogen-bond acceptors (Lipinski definition) is 2. The minimum absolute atomic E-state index is 0.770. The highest BCUT2D eigenvalue weighted by molar-refractivity contribution is 5.86. The molecule has 0 radical (unpaired) electrons. The molecule has 0 aliphatic carbocycles. The summed E-state index contributed by atoms with van der Waals surface area (Å²) in [6.45, 7) is 10.3. The van der Waals surface area contributed by atoms with Crippen molar-refractivity contribution in [1.82, 2.24) is 15.6 Å². The van der Waals surface area contributed by atoms with Crippen LogP contribution in [0.3, 0.4) is 0 Å². The molecule has 0 saturated carbocycles. The number of H-pyrrole nitrogens is 1. The molecule has 25 heavy (non-hydrogen) atoms. The number of nitrogens with zero attached hydrogens (tertiary/aromatic N) is 1. The number of hydrogen-bond donors (Lipinski definition) is 3. The van der Waals surface area contributed by atoms with Crippen molar-refractivity contribution in [2.45, 2.75) is 40.0 Å². The zero-order chi connectivity index (χ0) is 17.9. The molecule has 3 N–H and O–H groups in total. The van der Waals surface area contributed by atoms with Crippen LogP contribution in [-0.2, 0) is 17.6 Å². The number of guanidine groups is 1. The Kier molecular flexibility index (Phi) is 8.32. The SMILES string of the molecule is CCNC(=NCCCOCC)NCCc1c[nH]c2c(CC)cccc12. The molecule has 138 valence electrons. The van der Waals surface area contributed by atoms with E-state index in [-0.39, 0.29) is 0 Å². The first kappa shape index (κ1) is 19.3. The zero-order valence-corrected chi connectivity index (χ0v) is 15.8. The van der Waals surface area contributed by atoms with Gasteiger partial charge in [-0.2, -0.15) is 0 Å². The lowest BCUT2D eigenvalue weighted by atomic mass is 10.1. The van der Waals surface area contributed by atoms with Crippen molar-refractivity contribution in [3.63, 3.8) is 0 Å². The monoisotopic (exact) mass is 344 g/mol. The molecule has 0 aliphatic heterocycles. The molecule has 1 aromatic carbocycles. The molecule has 0 bridgehead atoms. The molecule has 0 saturated heterocycles. The molecule has 5 heteroatoms. The average Bonchev–Trinajstić information content (AvgIpc) is 3.04. The van der Waals surface area contributed by atoms with Crippen LogP contribution in [0.25, 0.3) is 10.9 Å². The number of ether oxygens (including phenoxy) is 1. The van der Waals surface area contributed by atoms with Gasteiger partial charge in [0.1, 0.15) is 0 Å². The average molecular weight is 345 g/mol. The van der Waals surface area contributed by atoms with Gasteiger partial charge in [-0.15, -0.1) is 0 Å². The highest BCUT2D eigenvalue weighted by Gasteiger charge is 2.06. The third-order valence-electron chi connectivity index (χ3n) is 4.22. The number of aliphatic imine (C=N–C) groups is 1. The number of rotatable bonds is 10. The number of para-hydroxylation sites is 1. The van der Waals surface area contributed by atoms with Crippen LogP contribution >= 0.6 is 0 Å². The first-order valence-corrected chi connectivity index (χ1v) is 9.47.